The number of hydrogen-bond acceptors (Lipinski definition) is 6. The summed E-state index contributed by atoms with van der Waals surface area (Å²) in [7, 11) is -3.69. The molecule has 2 saturated heterocycles. The average Bonchev–Trinajstić information content (AvgIpc) is 3.24. The minimum Gasteiger partial charge on any atom is -0.438 e. The first-order chi connectivity index (χ1) is 13.9. The minimum absolute atomic E-state index is 0.00905. The van der Waals surface area contributed by atoms with E-state index in [2.05, 4.69) is 5.32 Å². The molecule has 162 valence electrons. The van der Waals surface area contributed by atoms with Gasteiger partial charge < -0.3 is 14.6 Å². The summed E-state index contributed by atoms with van der Waals surface area (Å²) in [5, 5.41) is 2.67. The molecule has 0 bridgehead atoms. The van der Waals surface area contributed by atoms with Crippen molar-refractivity contribution in [3.63, 3.8) is 0 Å². The molecule has 3 heterocycles. The number of sulfonamides is 1. The van der Waals surface area contributed by atoms with E-state index in [1.807, 2.05) is 11.8 Å². The van der Waals surface area contributed by atoms with Crippen molar-refractivity contribution in [3.8, 4) is 0 Å². The van der Waals surface area contributed by atoms with Crippen LogP contribution in [-0.2, 0) is 14.8 Å². The van der Waals surface area contributed by atoms with Crippen LogP contribution in [0, 0.1) is 0 Å². The maximum absolute atomic E-state index is 12.7. The fourth-order valence-corrected chi connectivity index (χ4v) is 5.02. The van der Waals surface area contributed by atoms with Crippen molar-refractivity contribution in [2.24, 2.45) is 0 Å². The second-order valence-corrected chi connectivity index (χ2v) is 9.37. The van der Waals surface area contributed by atoms with Crippen molar-refractivity contribution in [2.75, 3.05) is 52.4 Å². The highest BCUT2D eigenvalue weighted by atomic mass is 32.2. The molecular weight excluding hydrogens is 396 g/mol. The van der Waals surface area contributed by atoms with Gasteiger partial charge in [-0.3, -0.25) is 14.5 Å². The molecule has 0 unspecified atom stereocenters. The molecule has 2 aliphatic rings. The molecule has 2 fully saturated rings. The number of piperidine rings is 1. The fraction of sp³-hybridized carbons (Fsp3) is 0.684. The number of hydrogen-bond donors (Lipinski definition) is 1. The summed E-state index contributed by atoms with van der Waals surface area (Å²) in [6.45, 7) is 6.07. The zero-order valence-corrected chi connectivity index (χ0v) is 17.7. The van der Waals surface area contributed by atoms with Crippen LogP contribution in [0.3, 0.4) is 0 Å². The van der Waals surface area contributed by atoms with E-state index in [1.54, 1.807) is 4.90 Å². The Hall–Kier alpha value is -1.91. The molecule has 9 nitrogen and oxygen atoms in total. The fourth-order valence-electron chi connectivity index (χ4n) is 3.59. The molecule has 0 aliphatic carbocycles. The van der Waals surface area contributed by atoms with Crippen LogP contribution in [0.5, 0.6) is 0 Å². The van der Waals surface area contributed by atoms with Crippen molar-refractivity contribution in [3.05, 3.63) is 17.9 Å². The number of piperazine rings is 1. The standard InChI is InChI=1S/C19H30N4O5S/c1-2-8-20-17(24)15-21-11-13-22(14-12-21)19(25)16-6-7-18(28-16)29(26,27)23-9-4-3-5-10-23/h6-7H,2-5,8-15H2,1H3,(H,20,24). The average molecular weight is 427 g/mol. The van der Waals surface area contributed by atoms with Crippen molar-refractivity contribution < 1.29 is 22.4 Å². The first-order valence-electron chi connectivity index (χ1n) is 10.3. The molecule has 29 heavy (non-hydrogen) atoms. The molecule has 3 rings (SSSR count). The van der Waals surface area contributed by atoms with E-state index in [0.29, 0.717) is 52.4 Å². The molecule has 1 aromatic heterocycles. The zero-order chi connectivity index (χ0) is 20.9. The van der Waals surface area contributed by atoms with Gasteiger partial charge >= 0.3 is 0 Å². The van der Waals surface area contributed by atoms with Gasteiger partial charge in [0.25, 0.3) is 15.9 Å². The number of rotatable bonds is 7. The number of nitrogens with zero attached hydrogens (tertiary/aromatic N) is 3. The number of furan rings is 1. The van der Waals surface area contributed by atoms with E-state index in [9.17, 15) is 18.0 Å². The van der Waals surface area contributed by atoms with Crippen LogP contribution >= 0.6 is 0 Å². The van der Waals surface area contributed by atoms with Gasteiger partial charge in [-0.15, -0.1) is 0 Å². The molecule has 1 N–H and O–H groups in total. The summed E-state index contributed by atoms with van der Waals surface area (Å²) in [5.41, 5.74) is 0. The first kappa shape index (κ1) is 21.8. The lowest BCUT2D eigenvalue weighted by Gasteiger charge is -2.33. The maximum Gasteiger partial charge on any atom is 0.289 e. The molecule has 2 amide bonds. The topological polar surface area (TPSA) is 103 Å². The summed E-state index contributed by atoms with van der Waals surface area (Å²) in [6, 6.07) is 2.80. The predicted molar refractivity (Wildman–Crippen MR) is 107 cm³/mol. The van der Waals surface area contributed by atoms with E-state index in [-0.39, 0.29) is 22.7 Å². The Morgan fingerprint density at radius 3 is 2.38 bits per heavy atom. The number of carbonyl (C=O) groups is 2. The van der Waals surface area contributed by atoms with Crippen LogP contribution in [0.1, 0.15) is 43.2 Å². The van der Waals surface area contributed by atoms with Crippen LogP contribution in [0.25, 0.3) is 0 Å². The zero-order valence-electron chi connectivity index (χ0n) is 16.9. The Labute approximate surface area is 172 Å². The van der Waals surface area contributed by atoms with Gasteiger partial charge in [0.05, 0.1) is 6.54 Å². The first-order valence-corrected chi connectivity index (χ1v) is 11.7. The van der Waals surface area contributed by atoms with Gasteiger partial charge in [0.1, 0.15) is 0 Å². The van der Waals surface area contributed by atoms with Crippen molar-refractivity contribution >= 4 is 21.8 Å². The van der Waals surface area contributed by atoms with Gasteiger partial charge in [0.15, 0.2) is 5.76 Å². The number of carbonyl (C=O) groups excluding carboxylic acids is 2. The SMILES string of the molecule is CCCNC(=O)CN1CCN(C(=O)c2ccc(S(=O)(=O)N3CCCCC3)o2)CC1. The van der Waals surface area contributed by atoms with Gasteiger partial charge in [-0.25, -0.2) is 8.42 Å². The highest BCUT2D eigenvalue weighted by Gasteiger charge is 2.31. The van der Waals surface area contributed by atoms with Crippen molar-refractivity contribution in [1.29, 1.82) is 0 Å². The quantitative estimate of drug-likeness (QED) is 0.690. The van der Waals surface area contributed by atoms with Crippen LogP contribution in [-0.4, -0.2) is 86.7 Å². The molecule has 0 aromatic carbocycles. The summed E-state index contributed by atoms with van der Waals surface area (Å²) in [4.78, 5) is 28.2. The lowest BCUT2D eigenvalue weighted by atomic mass is 10.2. The summed E-state index contributed by atoms with van der Waals surface area (Å²) in [6.07, 6.45) is 3.60. The lowest BCUT2D eigenvalue weighted by Crippen LogP contribution is -2.51. The summed E-state index contributed by atoms with van der Waals surface area (Å²) < 4.78 is 32.2. The van der Waals surface area contributed by atoms with Gasteiger partial charge in [0.2, 0.25) is 11.0 Å². The van der Waals surface area contributed by atoms with E-state index in [0.717, 1.165) is 25.7 Å². The molecule has 10 heteroatoms. The predicted octanol–water partition coefficient (Wildman–Crippen LogP) is 0.738. The smallest absolute Gasteiger partial charge is 0.289 e. The van der Waals surface area contributed by atoms with Gasteiger partial charge in [0, 0.05) is 45.8 Å². The van der Waals surface area contributed by atoms with Gasteiger partial charge in [-0.05, 0) is 31.4 Å². The Kier molecular flexibility index (Phi) is 7.31. The maximum atomic E-state index is 12.7. The number of nitrogens with one attached hydrogen (secondary N) is 1. The normalized spacial score (nSPS) is 19.3. The van der Waals surface area contributed by atoms with E-state index < -0.39 is 10.0 Å². The molecule has 1 aromatic rings. The highest BCUT2D eigenvalue weighted by Crippen LogP contribution is 2.23. The Morgan fingerprint density at radius 1 is 1.03 bits per heavy atom. The molecular formula is C19H30N4O5S. The van der Waals surface area contributed by atoms with E-state index in [4.69, 9.17) is 4.42 Å². The Balaban J connectivity index is 1.55. The molecule has 0 spiro atoms. The second kappa shape index (κ2) is 9.73. The molecule has 0 atom stereocenters. The number of amides is 2. The monoisotopic (exact) mass is 426 g/mol. The van der Waals surface area contributed by atoms with Crippen LogP contribution in [0.2, 0.25) is 0 Å². The second-order valence-electron chi connectivity index (χ2n) is 7.50. The summed E-state index contributed by atoms with van der Waals surface area (Å²) >= 11 is 0. The highest BCUT2D eigenvalue weighted by molar-refractivity contribution is 7.89. The molecule has 0 saturated carbocycles. The van der Waals surface area contributed by atoms with Crippen LogP contribution in [0.15, 0.2) is 21.6 Å². The lowest BCUT2D eigenvalue weighted by molar-refractivity contribution is -0.122. The van der Waals surface area contributed by atoms with Crippen LogP contribution < -0.4 is 5.32 Å². The van der Waals surface area contributed by atoms with Crippen LogP contribution in [0.4, 0.5) is 0 Å². The van der Waals surface area contributed by atoms with Gasteiger partial charge in [-0.1, -0.05) is 13.3 Å². The van der Waals surface area contributed by atoms with E-state index >= 15 is 0 Å². The van der Waals surface area contributed by atoms with Gasteiger partial charge in [-0.2, -0.15) is 4.31 Å². The largest absolute Gasteiger partial charge is 0.438 e. The Bertz CT molecular complexity index is 808. The van der Waals surface area contributed by atoms with Crippen molar-refractivity contribution in [1.82, 2.24) is 19.4 Å². The third-order valence-electron chi connectivity index (χ3n) is 5.30. The third kappa shape index (κ3) is 5.37. The van der Waals surface area contributed by atoms with Crippen molar-refractivity contribution in [2.45, 2.75) is 37.7 Å². The third-order valence-corrected chi connectivity index (χ3v) is 7.07. The molecule has 2 aliphatic heterocycles. The summed E-state index contributed by atoms with van der Waals surface area (Å²) in [5.74, 6) is -0.292. The molecule has 0 radical (unpaired) electrons. The van der Waals surface area contributed by atoms with E-state index in [1.165, 1.54) is 16.4 Å². The Morgan fingerprint density at radius 2 is 1.72 bits per heavy atom. The minimum atomic E-state index is -3.69.